The highest BCUT2D eigenvalue weighted by Gasteiger charge is 2.12. The number of rotatable bonds is 4. The monoisotopic (exact) mass is 338 g/mol. The molecule has 2 aromatic carbocycles. The van der Waals surface area contributed by atoms with Gasteiger partial charge >= 0.3 is 0 Å². The number of benzene rings is 2. The van der Waals surface area contributed by atoms with Gasteiger partial charge in [-0.1, -0.05) is 45.4 Å². The standard InChI is InChI=1S/C19H18N2O2S/c1-13-7-9-18(10-8-13)24(22)20-12-16-5-4-6-17(11-16)19-14(2)21-23-15(19)3/h4-12H,1-3H3/t24-/m1/s1. The topological polar surface area (TPSA) is 61.5 Å². The van der Waals surface area contributed by atoms with Gasteiger partial charge in [0.15, 0.2) is 4.90 Å². The van der Waals surface area contributed by atoms with Crippen LogP contribution in [0.15, 0.2) is 62.3 Å². The molecular formula is C19H18N2O2S. The summed E-state index contributed by atoms with van der Waals surface area (Å²) in [4.78, 5) is 0.693. The van der Waals surface area contributed by atoms with Crippen LogP contribution in [-0.2, 0) is 11.4 Å². The second-order valence-corrected chi connectivity index (χ2v) is 6.80. The van der Waals surface area contributed by atoms with Crippen LogP contribution in [0.25, 0.3) is 11.1 Å². The fraction of sp³-hybridized carbons (Fsp3) is 0.158. The zero-order chi connectivity index (χ0) is 17.1. The van der Waals surface area contributed by atoms with Gasteiger partial charge in [0, 0.05) is 5.56 Å². The molecule has 1 heterocycles. The van der Waals surface area contributed by atoms with Crippen molar-refractivity contribution < 1.29 is 9.08 Å². The van der Waals surface area contributed by atoms with Gasteiger partial charge in [-0.05, 0) is 50.1 Å². The molecule has 0 spiro atoms. The lowest BCUT2D eigenvalue weighted by Gasteiger charge is -2.04. The van der Waals surface area contributed by atoms with Gasteiger partial charge in [0.2, 0.25) is 0 Å². The van der Waals surface area contributed by atoms with E-state index < -0.39 is 11.4 Å². The van der Waals surface area contributed by atoms with Gasteiger partial charge in [-0.2, -0.15) is 0 Å². The molecule has 0 fully saturated rings. The van der Waals surface area contributed by atoms with Gasteiger partial charge < -0.3 is 9.08 Å². The Labute approximate surface area is 144 Å². The molecule has 0 radical (unpaired) electrons. The Morgan fingerprint density at radius 3 is 2.50 bits per heavy atom. The maximum atomic E-state index is 12.2. The van der Waals surface area contributed by atoms with E-state index in [2.05, 4.69) is 9.55 Å². The van der Waals surface area contributed by atoms with Gasteiger partial charge in [0.25, 0.3) is 0 Å². The van der Waals surface area contributed by atoms with Crippen LogP contribution in [0.5, 0.6) is 0 Å². The van der Waals surface area contributed by atoms with E-state index in [9.17, 15) is 4.55 Å². The Kier molecular flexibility index (Phi) is 4.83. The fourth-order valence-corrected chi connectivity index (χ4v) is 3.20. The highest BCUT2D eigenvalue weighted by molar-refractivity contribution is 7.90. The number of aryl methyl sites for hydroxylation is 3. The molecule has 0 saturated carbocycles. The minimum absolute atomic E-state index is 0.693. The molecule has 5 heteroatoms. The van der Waals surface area contributed by atoms with Crippen molar-refractivity contribution >= 4 is 17.6 Å². The first kappa shape index (κ1) is 16.5. The summed E-state index contributed by atoms with van der Waals surface area (Å²) < 4.78 is 21.6. The summed E-state index contributed by atoms with van der Waals surface area (Å²) in [6, 6.07) is 15.4. The minimum atomic E-state index is -1.41. The average Bonchev–Trinajstić information content (AvgIpc) is 2.92. The maximum Gasteiger partial charge on any atom is 0.182 e. The smallest absolute Gasteiger partial charge is 0.182 e. The van der Waals surface area contributed by atoms with Crippen LogP contribution in [-0.4, -0.2) is 15.9 Å². The van der Waals surface area contributed by atoms with Gasteiger partial charge in [0.05, 0.1) is 11.9 Å². The molecule has 1 atom stereocenters. The summed E-state index contributed by atoms with van der Waals surface area (Å²) in [7, 11) is 0. The van der Waals surface area contributed by atoms with Crippen LogP contribution in [0.1, 0.15) is 22.6 Å². The van der Waals surface area contributed by atoms with Crippen LogP contribution in [0, 0.1) is 20.8 Å². The number of hydrogen-bond acceptors (Lipinski definition) is 4. The first-order valence-corrected chi connectivity index (χ1v) is 8.71. The molecule has 1 aromatic heterocycles. The minimum Gasteiger partial charge on any atom is -0.586 e. The van der Waals surface area contributed by atoms with Gasteiger partial charge in [-0.25, -0.2) is 0 Å². The van der Waals surface area contributed by atoms with Crippen molar-refractivity contribution in [3.8, 4) is 11.1 Å². The molecule has 4 nitrogen and oxygen atoms in total. The van der Waals surface area contributed by atoms with E-state index in [1.807, 2.05) is 69.3 Å². The molecule has 0 amide bonds. The molecule has 0 aliphatic rings. The molecule has 0 N–H and O–H groups in total. The molecule has 3 rings (SSSR count). The molecule has 0 aliphatic carbocycles. The van der Waals surface area contributed by atoms with Gasteiger partial charge in [-0.15, -0.1) is 0 Å². The lowest BCUT2D eigenvalue weighted by molar-refractivity contribution is 0.393. The van der Waals surface area contributed by atoms with Crippen molar-refractivity contribution in [3.63, 3.8) is 0 Å². The van der Waals surface area contributed by atoms with Gasteiger partial charge in [-0.3, -0.25) is 0 Å². The highest BCUT2D eigenvalue weighted by atomic mass is 32.2. The zero-order valence-electron chi connectivity index (χ0n) is 13.8. The van der Waals surface area contributed by atoms with Crippen molar-refractivity contribution in [2.75, 3.05) is 0 Å². The fourth-order valence-electron chi connectivity index (χ4n) is 2.49. The Balaban J connectivity index is 1.83. The quantitative estimate of drug-likeness (QED) is 0.523. The van der Waals surface area contributed by atoms with Crippen molar-refractivity contribution in [2.24, 2.45) is 4.40 Å². The summed E-state index contributed by atoms with van der Waals surface area (Å²) in [5, 5.41) is 3.99. The molecule has 0 unspecified atom stereocenters. The van der Waals surface area contributed by atoms with Crippen LogP contribution in [0.4, 0.5) is 0 Å². The highest BCUT2D eigenvalue weighted by Crippen LogP contribution is 2.27. The predicted octanol–water partition coefficient (Wildman–Crippen LogP) is 4.41. The number of nitrogens with zero attached hydrogens (tertiary/aromatic N) is 2. The second-order valence-electron chi connectivity index (χ2n) is 5.62. The lowest BCUT2D eigenvalue weighted by Crippen LogP contribution is -1.98. The molecule has 0 aliphatic heterocycles. The molecule has 24 heavy (non-hydrogen) atoms. The van der Waals surface area contributed by atoms with E-state index in [0.29, 0.717) is 4.90 Å². The van der Waals surface area contributed by atoms with E-state index in [4.69, 9.17) is 4.52 Å². The second kappa shape index (κ2) is 7.03. The molecule has 0 bridgehead atoms. The lowest BCUT2D eigenvalue weighted by atomic mass is 10.0. The third-order valence-electron chi connectivity index (χ3n) is 3.73. The number of aromatic nitrogens is 1. The van der Waals surface area contributed by atoms with Gasteiger partial charge in [0.1, 0.15) is 17.1 Å². The summed E-state index contributed by atoms with van der Waals surface area (Å²) in [5.41, 5.74) is 4.87. The summed E-state index contributed by atoms with van der Waals surface area (Å²) in [6.45, 7) is 5.80. The third kappa shape index (κ3) is 3.58. The van der Waals surface area contributed by atoms with Crippen LogP contribution < -0.4 is 0 Å². The summed E-state index contributed by atoms with van der Waals surface area (Å²) in [5.74, 6) is 0.782. The SMILES string of the molecule is Cc1ccc([S@@+]([O-])N=Cc2cccc(-c3c(C)noc3C)c2)cc1. The van der Waals surface area contributed by atoms with Crippen molar-refractivity contribution in [1.82, 2.24) is 5.16 Å². The van der Waals surface area contributed by atoms with Crippen LogP contribution in [0.2, 0.25) is 0 Å². The van der Waals surface area contributed by atoms with E-state index in [1.54, 1.807) is 6.21 Å². The Bertz CT molecular complexity index is 850. The molecule has 122 valence electrons. The Morgan fingerprint density at radius 2 is 1.83 bits per heavy atom. The normalized spacial score (nSPS) is 12.7. The van der Waals surface area contributed by atoms with Crippen molar-refractivity contribution in [1.29, 1.82) is 0 Å². The molecule has 3 aromatic rings. The molecular weight excluding hydrogens is 320 g/mol. The van der Waals surface area contributed by atoms with E-state index in [1.165, 1.54) is 0 Å². The van der Waals surface area contributed by atoms with Crippen LogP contribution >= 0.6 is 0 Å². The van der Waals surface area contributed by atoms with Crippen molar-refractivity contribution in [2.45, 2.75) is 25.7 Å². The predicted molar refractivity (Wildman–Crippen MR) is 96.6 cm³/mol. The first-order valence-electron chi connectivity index (χ1n) is 7.60. The maximum absolute atomic E-state index is 12.2. The van der Waals surface area contributed by atoms with E-state index in [-0.39, 0.29) is 0 Å². The molecule has 0 saturated heterocycles. The van der Waals surface area contributed by atoms with Crippen LogP contribution in [0.3, 0.4) is 0 Å². The summed E-state index contributed by atoms with van der Waals surface area (Å²) >= 11 is -1.41. The largest absolute Gasteiger partial charge is 0.586 e. The van der Waals surface area contributed by atoms with E-state index in [0.717, 1.165) is 33.7 Å². The average molecular weight is 338 g/mol. The number of hydrogen-bond donors (Lipinski definition) is 0. The Morgan fingerprint density at radius 1 is 1.08 bits per heavy atom. The zero-order valence-corrected chi connectivity index (χ0v) is 14.6. The summed E-state index contributed by atoms with van der Waals surface area (Å²) in [6.07, 6.45) is 1.64. The van der Waals surface area contributed by atoms with E-state index >= 15 is 0 Å². The Hall–Kier alpha value is -2.37. The first-order chi connectivity index (χ1) is 11.5. The van der Waals surface area contributed by atoms with Crippen molar-refractivity contribution in [3.05, 3.63) is 71.1 Å². The third-order valence-corrected chi connectivity index (χ3v) is 4.70.